The van der Waals surface area contributed by atoms with Crippen LogP contribution in [-0.4, -0.2) is 12.4 Å². The number of alkyl halides is 6. The first-order chi connectivity index (χ1) is 35.6. The van der Waals surface area contributed by atoms with Gasteiger partial charge in [0.2, 0.25) is 0 Å². The third kappa shape index (κ3) is 259. The van der Waals surface area contributed by atoms with Crippen molar-refractivity contribution in [1.29, 1.82) is 0 Å². The fourth-order valence-electron chi connectivity index (χ4n) is 3.21. The molecule has 2 aliphatic rings. The highest BCUT2D eigenvalue weighted by molar-refractivity contribution is 4.61. The lowest BCUT2D eigenvalue weighted by Crippen LogP contribution is -2.12. The third-order valence-electron chi connectivity index (χ3n) is 7.90. The Bertz CT molecular complexity index is 1120. The summed E-state index contributed by atoms with van der Waals surface area (Å²) in [6.07, 6.45) is 4.35. The van der Waals surface area contributed by atoms with Gasteiger partial charge in [0, 0.05) is 26.5 Å². The van der Waals surface area contributed by atoms with Crippen LogP contribution in [0.3, 0.4) is 0 Å². The molecule has 2 aliphatic carbocycles. The molecule has 0 N–H and O–H groups in total. The Morgan fingerprint density at radius 3 is 0.694 bits per heavy atom. The molecule has 0 unspecified atom stereocenters. The second-order valence-electron chi connectivity index (χ2n) is 23.4. The van der Waals surface area contributed by atoms with Crippen molar-refractivity contribution < 1.29 is 40.1 Å². The van der Waals surface area contributed by atoms with Gasteiger partial charge in [-0.15, -0.1) is 0 Å². The first-order valence-corrected chi connectivity index (χ1v) is 28.8. The van der Waals surface area contributed by atoms with Gasteiger partial charge in [-0.05, 0) is 58.1 Å². The molecule has 0 heterocycles. The zero-order chi connectivity index (χ0) is 69.8. The van der Waals surface area contributed by atoms with Gasteiger partial charge in [0.05, 0.1) is 0 Å². The van der Waals surface area contributed by atoms with Crippen LogP contribution < -0.4 is 0 Å². The molecule has 0 saturated heterocycles. The van der Waals surface area contributed by atoms with Crippen LogP contribution >= 0.6 is 0 Å². The largest absolute Gasteiger partial charge is 0.389 e. The number of hydrogen-bond donors (Lipinski definition) is 0. The molecule has 0 nitrogen and oxygen atoms in total. The summed E-state index contributed by atoms with van der Waals surface area (Å²) in [6.45, 7) is 65.8. The molecule has 0 spiro atoms. The van der Waals surface area contributed by atoms with Crippen molar-refractivity contribution in [3.8, 4) is 0 Å². The lowest BCUT2D eigenvalue weighted by atomic mass is 9.91. The zero-order valence-corrected chi connectivity index (χ0v) is 56.1. The lowest BCUT2D eigenvalue weighted by molar-refractivity contribution is -0.144. The Hall–Kier alpha value is -0.420. The van der Waals surface area contributed by atoms with Crippen molar-refractivity contribution in [2.24, 2.45) is 58.1 Å². The van der Waals surface area contributed by atoms with Gasteiger partial charge in [-0.25, -0.2) is 0 Å². The maximum absolute atomic E-state index is 11.5. The third-order valence-corrected chi connectivity index (χ3v) is 7.90. The number of hydrogen-bond acceptors (Lipinski definition) is 0. The molecule has 2 atom stereocenters. The van der Waals surface area contributed by atoms with Crippen LogP contribution in [0.1, 0.15) is 377 Å². The highest BCUT2D eigenvalue weighted by Gasteiger charge is 2.29. The lowest BCUT2D eigenvalue weighted by Gasteiger charge is -2.15. The van der Waals surface area contributed by atoms with E-state index in [1.165, 1.54) is 51.4 Å². The maximum Gasteiger partial charge on any atom is 0.389 e. The minimum atomic E-state index is -3.98. The van der Waals surface area contributed by atoms with E-state index in [1.807, 2.05) is 111 Å². The predicted octanol–water partition coefficient (Wildman–Crippen LogP) is 28.3. The molecule has 0 amide bonds. The first-order valence-electron chi connectivity index (χ1n) is 33.8. The monoisotopic (exact) mass is 1070 g/mol. The number of rotatable bonds is 7. The molecule has 0 aromatic carbocycles. The molecule has 6 heteroatoms. The van der Waals surface area contributed by atoms with E-state index in [-0.39, 0.29) is 46.7 Å². The Kier molecular flexibility index (Phi) is 76.5. The second-order valence-corrected chi connectivity index (χ2v) is 23.4. The summed E-state index contributed by atoms with van der Waals surface area (Å²) < 4.78 is 140. The summed E-state index contributed by atoms with van der Waals surface area (Å²) in [7, 11) is 0. The fourth-order valence-corrected chi connectivity index (χ4v) is 3.21. The van der Waals surface area contributed by atoms with E-state index in [0.717, 1.165) is 31.6 Å². The van der Waals surface area contributed by atoms with E-state index in [9.17, 15) is 26.3 Å². The summed E-state index contributed by atoms with van der Waals surface area (Å²) >= 11 is 0. The summed E-state index contributed by atoms with van der Waals surface area (Å²) in [6, 6.07) is 0. The quantitative estimate of drug-likeness (QED) is 0.223. The minimum absolute atomic E-state index is 0.0556. The van der Waals surface area contributed by atoms with E-state index in [0.29, 0.717) is 24.7 Å². The van der Waals surface area contributed by atoms with E-state index >= 15 is 0 Å². The predicted molar refractivity (Wildman–Crippen MR) is 330 cm³/mol. The molecule has 0 aliphatic heterocycles. The van der Waals surface area contributed by atoms with Crippen molar-refractivity contribution >= 4 is 0 Å². The fraction of sp³-hybridized carbons (Fsp3) is 1.00. The summed E-state index contributed by atoms with van der Waals surface area (Å²) in [5.41, 5.74) is 0.271. The van der Waals surface area contributed by atoms with Crippen molar-refractivity contribution in [3.63, 3.8) is 0 Å². The molecular formula is C66H150F6. The van der Waals surface area contributed by atoms with Gasteiger partial charge >= 0.3 is 12.4 Å². The molecule has 72 heavy (non-hydrogen) atoms. The van der Waals surface area contributed by atoms with Crippen LogP contribution in [0.2, 0.25) is 0 Å². The Labute approximate surface area is 473 Å². The minimum Gasteiger partial charge on any atom is -0.171 e. The maximum atomic E-state index is 11.5. The molecule has 2 fully saturated rings. The molecule has 0 aromatic heterocycles. The van der Waals surface area contributed by atoms with Crippen molar-refractivity contribution in [2.75, 3.05) is 0 Å². The van der Waals surface area contributed by atoms with Crippen LogP contribution in [0.4, 0.5) is 26.3 Å². The van der Waals surface area contributed by atoms with E-state index < -0.39 is 44.3 Å². The van der Waals surface area contributed by atoms with E-state index in [4.69, 9.17) is 13.7 Å². The molecule has 0 radical (unpaired) electrons. The normalized spacial score (nSPS) is 17.5. The van der Waals surface area contributed by atoms with Crippen LogP contribution in [0, 0.1) is 58.1 Å². The molecule has 2 saturated carbocycles. The van der Waals surface area contributed by atoms with Crippen LogP contribution in [0.5, 0.6) is 0 Å². The van der Waals surface area contributed by atoms with Gasteiger partial charge in [0.1, 0.15) is 0 Å². The molecule has 2 rings (SSSR count). The number of halogens is 6. The van der Waals surface area contributed by atoms with Crippen molar-refractivity contribution in [3.05, 3.63) is 0 Å². The highest BCUT2D eigenvalue weighted by atomic mass is 19.4. The van der Waals surface area contributed by atoms with Gasteiger partial charge in [0.25, 0.3) is 0 Å². The topological polar surface area (TPSA) is 0 Å². The number of unbranched alkanes of at least 4 members (excludes halogenated alkanes) is 1. The zero-order valence-electron chi connectivity index (χ0n) is 66.1. The summed E-state index contributed by atoms with van der Waals surface area (Å²) in [5, 5.41) is 0. The highest BCUT2D eigenvalue weighted by Crippen LogP contribution is 2.27. The summed E-state index contributed by atoms with van der Waals surface area (Å²) in [4.78, 5) is 0. The molecular weight excluding hydrogens is 907 g/mol. The Balaban J connectivity index is -0.0000000652. The SMILES string of the molecule is CC.CC(C)(C)C.CC(C)C.CCC.CCCC.CC[C@H](C)CC(F)(F)F.CC[C@H](C)CC(F)(F)F.[2H]C(C)(C)C.[2H]C(C)(C)C.[2H]C([2H])(C)C(C)(C)C.[2H]C([2H])(C)C(C)C.[2H]C([2H])(C)CC.[2H]C1(C)CCCC1.[2H]C1(C)CCCCC1. The van der Waals surface area contributed by atoms with E-state index in [1.54, 1.807) is 48.5 Å². The molecule has 456 valence electrons. The molecule has 0 bridgehead atoms. The second kappa shape index (κ2) is 74.8. The van der Waals surface area contributed by atoms with Gasteiger partial charge < -0.3 is 0 Å². The van der Waals surface area contributed by atoms with Gasteiger partial charge in [0.15, 0.2) is 0 Å². The summed E-state index contributed by atoms with van der Waals surface area (Å²) in [5.74, 6) is -0.124. The van der Waals surface area contributed by atoms with Gasteiger partial charge in [-0.1, -0.05) is 351 Å². The van der Waals surface area contributed by atoms with Crippen LogP contribution in [0.15, 0.2) is 0 Å². The van der Waals surface area contributed by atoms with Gasteiger partial charge in [-0.3, -0.25) is 0 Å². The van der Waals surface area contributed by atoms with E-state index in [2.05, 4.69) is 76.2 Å². The van der Waals surface area contributed by atoms with Crippen molar-refractivity contribution in [2.45, 2.75) is 376 Å². The van der Waals surface area contributed by atoms with Crippen molar-refractivity contribution in [1.82, 2.24) is 0 Å². The average molecular weight is 1070 g/mol. The van der Waals surface area contributed by atoms with Gasteiger partial charge in [-0.2, -0.15) is 26.3 Å². The Morgan fingerprint density at radius 2 is 0.639 bits per heavy atom. The standard InChI is InChI=1S/C7H14.2C6H11F3.C6H12.C6H14.2C5H12.5C4H10.C3H8.C2H6/c1-7-5-3-2-4-6-7;2*1-3-5(2)4-6(7,8)9;1-6-4-2-3-5-6;1-5-6(2,3)4;1-5(2,3)4;1-4-5(2)3;3*1-4(2)3;2*1-3-4-2;1-3-2;1-2/h7H,2-6H2,1H3;2*5H,3-4H2,1-2H3;6H,2-5H2,1H3;5H2,1-4H3;1-4H3;5H,4H2,1-3H3;3*4H,1-3H3;2*3-4H2,1-2H3;3H2,1-2H3;1-2H3/t;2*5-;;;;;;;;;;;/m.00.........../s1/i7D;;;6D;5D2;;4D2;2*4D;;3D2;;;. The van der Waals surface area contributed by atoms with Crippen LogP contribution in [0.25, 0.3) is 0 Å². The smallest absolute Gasteiger partial charge is 0.171 e. The molecule has 0 aromatic rings. The average Bonchev–Trinajstić information content (AvgIpc) is 3.62. The first kappa shape index (κ1) is 73.7. The van der Waals surface area contributed by atoms with Crippen LogP contribution in [-0.2, 0) is 0 Å². The Morgan fingerprint density at radius 1 is 0.472 bits per heavy atom.